The van der Waals surface area contributed by atoms with E-state index in [1.54, 1.807) is 17.7 Å². The maximum Gasteiger partial charge on any atom is 0.310 e. The quantitative estimate of drug-likeness (QED) is 0.487. The van der Waals surface area contributed by atoms with E-state index in [9.17, 15) is 24.6 Å². The summed E-state index contributed by atoms with van der Waals surface area (Å²) in [4.78, 5) is 43.3. The van der Waals surface area contributed by atoms with Crippen LogP contribution >= 0.6 is 0 Å². The zero-order chi connectivity index (χ0) is 25.8. The van der Waals surface area contributed by atoms with Crippen molar-refractivity contribution in [1.82, 2.24) is 24.8 Å². The zero-order valence-electron chi connectivity index (χ0n) is 20.4. The van der Waals surface area contributed by atoms with Gasteiger partial charge in [-0.25, -0.2) is 4.68 Å². The van der Waals surface area contributed by atoms with Crippen LogP contribution in [0.1, 0.15) is 26.7 Å². The molecule has 2 bridgehead atoms. The van der Waals surface area contributed by atoms with Crippen LogP contribution in [0.4, 0.5) is 0 Å². The number of carboxylic acid groups (broad SMARTS) is 1. The van der Waals surface area contributed by atoms with E-state index in [-0.39, 0.29) is 44.6 Å². The molecule has 0 saturated carbocycles. The molecular weight excluding hydrogens is 466 g/mol. The number of carbonyl (C=O) groups excluding carboxylic acids is 2. The van der Waals surface area contributed by atoms with Gasteiger partial charge in [0.15, 0.2) is 0 Å². The molecular formula is C25H31N5O6. The van der Waals surface area contributed by atoms with Crippen LogP contribution < -0.4 is 0 Å². The molecule has 3 fully saturated rings. The lowest BCUT2D eigenvalue weighted by Crippen LogP contribution is -2.56. The predicted molar refractivity (Wildman–Crippen MR) is 127 cm³/mol. The Kier molecular flexibility index (Phi) is 5.87. The van der Waals surface area contributed by atoms with E-state index in [1.165, 1.54) is 9.80 Å². The molecule has 5 rings (SSSR count). The Morgan fingerprint density at radius 2 is 2.11 bits per heavy atom. The van der Waals surface area contributed by atoms with Gasteiger partial charge in [0, 0.05) is 19.7 Å². The number of aromatic nitrogens is 3. The SMILES string of the molecule is C=CCN(Cn1nnc2ccccc21)C(=O)C1N(CCCO)C(=O)[C@@H]2[C@H](C(=O)O)[C@@]3(C)OC12CC3C. The molecule has 192 valence electrons. The average Bonchev–Trinajstić information content (AvgIpc) is 3.51. The fraction of sp³-hybridized carbons (Fsp3) is 0.560. The van der Waals surface area contributed by atoms with Gasteiger partial charge in [-0.15, -0.1) is 11.7 Å². The number of ether oxygens (including phenoxy) is 1. The minimum Gasteiger partial charge on any atom is -0.481 e. The highest BCUT2D eigenvalue weighted by molar-refractivity contribution is 5.98. The number of benzene rings is 1. The fourth-order valence-corrected chi connectivity index (χ4v) is 6.61. The van der Waals surface area contributed by atoms with Gasteiger partial charge in [-0.2, -0.15) is 0 Å². The molecule has 11 heteroatoms. The van der Waals surface area contributed by atoms with Crippen molar-refractivity contribution in [2.24, 2.45) is 17.8 Å². The van der Waals surface area contributed by atoms with Gasteiger partial charge in [-0.1, -0.05) is 30.3 Å². The van der Waals surface area contributed by atoms with Gasteiger partial charge in [0.2, 0.25) is 11.8 Å². The molecule has 1 spiro atoms. The third-order valence-corrected chi connectivity index (χ3v) is 8.26. The smallest absolute Gasteiger partial charge is 0.310 e. The van der Waals surface area contributed by atoms with E-state index in [4.69, 9.17) is 4.74 Å². The second-order valence-electron chi connectivity index (χ2n) is 10.2. The van der Waals surface area contributed by atoms with E-state index < -0.39 is 41.0 Å². The van der Waals surface area contributed by atoms with Crippen LogP contribution in [0, 0.1) is 17.8 Å². The lowest BCUT2D eigenvalue weighted by molar-refractivity contribution is -0.158. The van der Waals surface area contributed by atoms with Crippen molar-refractivity contribution in [3.8, 4) is 0 Å². The van der Waals surface area contributed by atoms with Crippen molar-refractivity contribution in [2.45, 2.75) is 50.6 Å². The molecule has 2 amide bonds. The molecule has 1 aromatic carbocycles. The summed E-state index contributed by atoms with van der Waals surface area (Å²) in [6.45, 7) is 7.65. The first-order chi connectivity index (χ1) is 17.2. The summed E-state index contributed by atoms with van der Waals surface area (Å²) in [6.07, 6.45) is 2.25. The Balaban J connectivity index is 1.56. The molecule has 6 atom stereocenters. The van der Waals surface area contributed by atoms with Gasteiger partial charge in [-0.05, 0) is 37.8 Å². The van der Waals surface area contributed by atoms with E-state index >= 15 is 0 Å². The molecule has 3 unspecified atom stereocenters. The maximum absolute atomic E-state index is 14.3. The standard InChI is InChI=1S/C25H31N5O6/c1-4-10-28(14-30-17-9-6-5-8-16(17)26-27-30)22(33)20-25-13-15(2)24(3,36-25)19(23(34)35)18(25)21(32)29(20)11-7-12-31/h4-6,8-9,15,18-20,31H,1,7,10-14H2,2-3H3,(H,34,35)/t15?,18-,19+,20?,24-,25?/m0/s1. The molecule has 36 heavy (non-hydrogen) atoms. The van der Waals surface area contributed by atoms with E-state index in [0.29, 0.717) is 11.9 Å². The molecule has 3 saturated heterocycles. The highest BCUT2D eigenvalue weighted by Gasteiger charge is 2.80. The van der Waals surface area contributed by atoms with Gasteiger partial charge in [0.05, 0.1) is 17.0 Å². The number of carbonyl (C=O) groups is 3. The van der Waals surface area contributed by atoms with E-state index in [1.807, 2.05) is 31.2 Å². The number of rotatable bonds is 9. The molecule has 4 heterocycles. The Morgan fingerprint density at radius 1 is 1.36 bits per heavy atom. The third kappa shape index (κ3) is 3.29. The van der Waals surface area contributed by atoms with Crippen molar-refractivity contribution in [3.05, 3.63) is 36.9 Å². The number of hydrogen-bond donors (Lipinski definition) is 2. The van der Waals surface area contributed by atoms with Gasteiger partial charge in [0.1, 0.15) is 29.7 Å². The van der Waals surface area contributed by atoms with Crippen LogP contribution in [0.5, 0.6) is 0 Å². The monoisotopic (exact) mass is 497 g/mol. The Hall–Kier alpha value is -3.31. The number of aliphatic hydroxyl groups excluding tert-OH is 1. The minimum absolute atomic E-state index is 0.0693. The Bertz CT molecular complexity index is 1230. The van der Waals surface area contributed by atoms with Crippen LogP contribution in [0.3, 0.4) is 0 Å². The number of aliphatic carboxylic acids is 1. The van der Waals surface area contributed by atoms with Gasteiger partial charge < -0.3 is 24.7 Å². The zero-order valence-corrected chi connectivity index (χ0v) is 20.4. The number of amides is 2. The third-order valence-electron chi connectivity index (χ3n) is 8.26. The molecule has 11 nitrogen and oxygen atoms in total. The molecule has 1 aromatic heterocycles. The van der Waals surface area contributed by atoms with Crippen molar-refractivity contribution in [2.75, 3.05) is 19.7 Å². The molecule has 2 N–H and O–H groups in total. The highest BCUT2D eigenvalue weighted by Crippen LogP contribution is 2.65. The van der Waals surface area contributed by atoms with E-state index in [2.05, 4.69) is 16.9 Å². The van der Waals surface area contributed by atoms with E-state index in [0.717, 1.165) is 5.52 Å². The van der Waals surface area contributed by atoms with Crippen LogP contribution in [0.25, 0.3) is 11.0 Å². The molecule has 3 aliphatic heterocycles. The summed E-state index contributed by atoms with van der Waals surface area (Å²) < 4.78 is 8.10. The lowest BCUT2D eigenvalue weighted by atomic mass is 9.62. The van der Waals surface area contributed by atoms with Crippen molar-refractivity contribution in [1.29, 1.82) is 0 Å². The first-order valence-corrected chi connectivity index (χ1v) is 12.2. The van der Waals surface area contributed by atoms with Crippen LogP contribution in [-0.4, -0.2) is 89.7 Å². The molecule has 0 radical (unpaired) electrons. The minimum atomic E-state index is -1.26. The summed E-state index contributed by atoms with van der Waals surface area (Å²) in [5, 5.41) is 27.9. The Morgan fingerprint density at radius 3 is 2.81 bits per heavy atom. The first-order valence-electron chi connectivity index (χ1n) is 12.2. The van der Waals surface area contributed by atoms with Crippen LogP contribution in [-0.2, 0) is 25.8 Å². The molecule has 0 aliphatic carbocycles. The normalized spacial score (nSPS) is 32.8. The largest absolute Gasteiger partial charge is 0.481 e. The Labute approximate surface area is 208 Å². The van der Waals surface area contributed by atoms with Crippen molar-refractivity contribution in [3.63, 3.8) is 0 Å². The van der Waals surface area contributed by atoms with Crippen LogP contribution in [0.15, 0.2) is 36.9 Å². The number of para-hydroxylation sites is 1. The topological polar surface area (TPSA) is 138 Å². The number of hydrogen-bond acceptors (Lipinski definition) is 7. The summed E-state index contributed by atoms with van der Waals surface area (Å²) >= 11 is 0. The number of nitrogens with zero attached hydrogens (tertiary/aromatic N) is 5. The van der Waals surface area contributed by atoms with Crippen molar-refractivity contribution >= 4 is 28.8 Å². The summed E-state index contributed by atoms with van der Waals surface area (Å²) in [5.74, 6) is -4.07. The summed E-state index contributed by atoms with van der Waals surface area (Å²) in [7, 11) is 0. The average molecular weight is 498 g/mol. The van der Waals surface area contributed by atoms with Crippen molar-refractivity contribution < 1.29 is 29.3 Å². The predicted octanol–water partition coefficient (Wildman–Crippen LogP) is 0.881. The molecule has 3 aliphatic rings. The summed E-state index contributed by atoms with van der Waals surface area (Å²) in [6, 6.07) is 6.37. The fourth-order valence-electron chi connectivity index (χ4n) is 6.61. The number of aliphatic hydroxyl groups is 1. The number of carboxylic acids is 1. The van der Waals surface area contributed by atoms with Gasteiger partial charge in [0.25, 0.3) is 0 Å². The molecule has 2 aromatic rings. The number of fused-ring (bicyclic) bond motifs is 2. The highest BCUT2D eigenvalue weighted by atomic mass is 16.5. The van der Waals surface area contributed by atoms with Crippen LogP contribution in [0.2, 0.25) is 0 Å². The van der Waals surface area contributed by atoms with Gasteiger partial charge in [-0.3, -0.25) is 14.4 Å². The second kappa shape index (κ2) is 8.67. The first kappa shape index (κ1) is 24.4. The maximum atomic E-state index is 14.3. The second-order valence-corrected chi connectivity index (χ2v) is 10.2. The lowest BCUT2D eigenvalue weighted by Gasteiger charge is -2.37. The van der Waals surface area contributed by atoms with Gasteiger partial charge >= 0.3 is 5.97 Å². The summed E-state index contributed by atoms with van der Waals surface area (Å²) in [5.41, 5.74) is -0.879. The number of likely N-dealkylation sites (tertiary alicyclic amines) is 1.